The fourth-order valence-electron chi connectivity index (χ4n) is 1.84. The summed E-state index contributed by atoms with van der Waals surface area (Å²) in [4.78, 5) is 4.37. The lowest BCUT2D eigenvalue weighted by Crippen LogP contribution is -2.26. The number of hydrogen-bond acceptors (Lipinski definition) is 5. The molecule has 0 bridgehead atoms. The summed E-state index contributed by atoms with van der Waals surface area (Å²) >= 11 is 1.45. The summed E-state index contributed by atoms with van der Waals surface area (Å²) in [5.74, 6) is 0. The standard InChI is InChI=1S/C13H17N3O2S2/c1-10-3-4-13(5-11(10)6-14)20(17,18)16(2)7-12-8-19-9-15-12/h3-5,8-9H,6-7,14H2,1-2H3. The van der Waals surface area contributed by atoms with Crippen molar-refractivity contribution in [1.82, 2.24) is 9.29 Å². The first-order valence-electron chi connectivity index (χ1n) is 6.08. The lowest BCUT2D eigenvalue weighted by Gasteiger charge is -2.17. The molecule has 7 heteroatoms. The highest BCUT2D eigenvalue weighted by atomic mass is 32.2. The van der Waals surface area contributed by atoms with Crippen LogP contribution in [0.4, 0.5) is 0 Å². The maximum atomic E-state index is 12.5. The van der Waals surface area contributed by atoms with Gasteiger partial charge in [0.25, 0.3) is 0 Å². The second-order valence-corrected chi connectivity index (χ2v) is 7.30. The number of aromatic nitrogens is 1. The van der Waals surface area contributed by atoms with Crippen LogP contribution in [0.15, 0.2) is 34.0 Å². The number of sulfonamides is 1. The molecule has 2 rings (SSSR count). The van der Waals surface area contributed by atoms with E-state index in [0.717, 1.165) is 16.8 Å². The van der Waals surface area contributed by atoms with Gasteiger partial charge in [-0.05, 0) is 30.2 Å². The zero-order chi connectivity index (χ0) is 14.8. The second kappa shape index (κ2) is 6.01. The molecule has 0 radical (unpaired) electrons. The summed E-state index contributed by atoms with van der Waals surface area (Å²) in [6.07, 6.45) is 0. The minimum atomic E-state index is -3.52. The van der Waals surface area contributed by atoms with Gasteiger partial charge in [-0.3, -0.25) is 0 Å². The smallest absolute Gasteiger partial charge is 0.243 e. The van der Waals surface area contributed by atoms with Gasteiger partial charge in [-0.15, -0.1) is 11.3 Å². The zero-order valence-corrected chi connectivity index (χ0v) is 13.0. The first-order valence-corrected chi connectivity index (χ1v) is 8.46. The Hall–Kier alpha value is -1.28. The Morgan fingerprint density at radius 1 is 1.40 bits per heavy atom. The lowest BCUT2D eigenvalue weighted by molar-refractivity contribution is 0.463. The quantitative estimate of drug-likeness (QED) is 0.912. The van der Waals surface area contributed by atoms with Crippen LogP contribution in [0.1, 0.15) is 16.8 Å². The molecule has 0 spiro atoms. The van der Waals surface area contributed by atoms with Crippen LogP contribution >= 0.6 is 11.3 Å². The SMILES string of the molecule is Cc1ccc(S(=O)(=O)N(C)Cc2cscn2)cc1CN. The summed E-state index contributed by atoms with van der Waals surface area (Å²) in [5, 5.41) is 1.84. The highest BCUT2D eigenvalue weighted by Crippen LogP contribution is 2.20. The van der Waals surface area contributed by atoms with Crippen LogP contribution in [0.2, 0.25) is 0 Å². The first-order chi connectivity index (χ1) is 9.45. The van der Waals surface area contributed by atoms with E-state index in [2.05, 4.69) is 4.98 Å². The number of benzene rings is 1. The molecule has 0 aliphatic carbocycles. The third-order valence-corrected chi connectivity index (χ3v) is 5.55. The minimum Gasteiger partial charge on any atom is -0.326 e. The predicted octanol–water partition coefficient (Wildman–Crippen LogP) is 1.73. The van der Waals surface area contributed by atoms with Gasteiger partial charge < -0.3 is 5.73 Å². The van der Waals surface area contributed by atoms with Crippen molar-refractivity contribution in [1.29, 1.82) is 0 Å². The van der Waals surface area contributed by atoms with Crippen molar-refractivity contribution in [2.75, 3.05) is 7.05 Å². The number of thiazole rings is 1. The average Bonchev–Trinajstić information content (AvgIpc) is 2.91. The van der Waals surface area contributed by atoms with Gasteiger partial charge >= 0.3 is 0 Å². The summed E-state index contributed by atoms with van der Waals surface area (Å²) in [6.45, 7) is 2.50. The number of rotatable bonds is 5. The molecule has 0 saturated carbocycles. The third kappa shape index (κ3) is 3.06. The van der Waals surface area contributed by atoms with E-state index in [1.54, 1.807) is 30.8 Å². The summed E-state index contributed by atoms with van der Waals surface area (Å²) in [5.41, 5.74) is 9.90. The molecule has 1 aromatic carbocycles. The van der Waals surface area contributed by atoms with Gasteiger partial charge in [0.1, 0.15) is 0 Å². The van der Waals surface area contributed by atoms with Gasteiger partial charge in [0.2, 0.25) is 10.0 Å². The monoisotopic (exact) mass is 311 g/mol. The number of nitrogens with zero attached hydrogens (tertiary/aromatic N) is 2. The van der Waals surface area contributed by atoms with E-state index in [4.69, 9.17) is 5.73 Å². The van der Waals surface area contributed by atoms with Gasteiger partial charge in [-0.1, -0.05) is 6.07 Å². The highest BCUT2D eigenvalue weighted by molar-refractivity contribution is 7.89. The van der Waals surface area contributed by atoms with E-state index in [0.29, 0.717) is 6.54 Å². The van der Waals surface area contributed by atoms with Crippen LogP contribution in [-0.4, -0.2) is 24.8 Å². The molecule has 0 amide bonds. The average molecular weight is 311 g/mol. The predicted molar refractivity (Wildman–Crippen MR) is 79.8 cm³/mol. The molecule has 108 valence electrons. The summed E-state index contributed by atoms with van der Waals surface area (Å²) in [7, 11) is -1.97. The molecule has 1 aromatic heterocycles. The van der Waals surface area contributed by atoms with Crippen molar-refractivity contribution < 1.29 is 8.42 Å². The van der Waals surface area contributed by atoms with Crippen molar-refractivity contribution in [2.45, 2.75) is 24.9 Å². The van der Waals surface area contributed by atoms with Gasteiger partial charge in [0.15, 0.2) is 0 Å². The fraction of sp³-hybridized carbons (Fsp3) is 0.308. The topological polar surface area (TPSA) is 76.3 Å². The Morgan fingerprint density at radius 3 is 2.75 bits per heavy atom. The first kappa shape index (κ1) is 15.1. The molecule has 20 heavy (non-hydrogen) atoms. The molecule has 5 nitrogen and oxygen atoms in total. The molecular formula is C13H17N3O2S2. The van der Waals surface area contributed by atoms with Crippen molar-refractivity contribution in [3.63, 3.8) is 0 Å². The molecule has 0 fully saturated rings. The van der Waals surface area contributed by atoms with E-state index in [1.165, 1.54) is 15.6 Å². The lowest BCUT2D eigenvalue weighted by atomic mass is 10.1. The Balaban J connectivity index is 2.29. The van der Waals surface area contributed by atoms with Crippen LogP contribution in [0.5, 0.6) is 0 Å². The molecule has 0 atom stereocenters. The fourth-order valence-corrected chi connectivity index (χ4v) is 3.58. The van der Waals surface area contributed by atoms with Gasteiger partial charge in [-0.2, -0.15) is 4.31 Å². The Morgan fingerprint density at radius 2 is 2.15 bits per heavy atom. The van der Waals surface area contributed by atoms with Crippen LogP contribution in [0.3, 0.4) is 0 Å². The van der Waals surface area contributed by atoms with E-state index < -0.39 is 10.0 Å². The molecule has 1 heterocycles. The maximum Gasteiger partial charge on any atom is 0.243 e. The van der Waals surface area contributed by atoms with Crippen molar-refractivity contribution in [3.8, 4) is 0 Å². The number of nitrogens with two attached hydrogens (primary N) is 1. The highest BCUT2D eigenvalue weighted by Gasteiger charge is 2.22. The molecule has 0 aliphatic rings. The Labute approximate surface area is 123 Å². The van der Waals surface area contributed by atoms with Crippen LogP contribution in [0, 0.1) is 6.92 Å². The molecule has 0 aliphatic heterocycles. The summed E-state index contributed by atoms with van der Waals surface area (Å²) in [6, 6.07) is 5.04. The Kier molecular flexibility index (Phi) is 4.54. The van der Waals surface area contributed by atoms with Crippen molar-refractivity contribution in [3.05, 3.63) is 45.9 Å². The molecule has 0 saturated heterocycles. The third-order valence-electron chi connectivity index (χ3n) is 3.12. The second-order valence-electron chi connectivity index (χ2n) is 4.53. The van der Waals surface area contributed by atoms with E-state index in [1.807, 2.05) is 12.3 Å². The van der Waals surface area contributed by atoms with Crippen LogP contribution < -0.4 is 5.73 Å². The van der Waals surface area contributed by atoms with Gasteiger partial charge in [0.05, 0.1) is 22.6 Å². The van der Waals surface area contributed by atoms with Crippen molar-refractivity contribution in [2.24, 2.45) is 5.73 Å². The van der Waals surface area contributed by atoms with Crippen LogP contribution in [0.25, 0.3) is 0 Å². The molecule has 2 aromatic rings. The maximum absolute atomic E-state index is 12.5. The van der Waals surface area contributed by atoms with Gasteiger partial charge in [0, 0.05) is 19.0 Å². The number of aryl methyl sites for hydroxylation is 1. The largest absolute Gasteiger partial charge is 0.326 e. The van der Waals surface area contributed by atoms with E-state index in [-0.39, 0.29) is 11.4 Å². The minimum absolute atomic E-state index is 0.262. The molecule has 2 N–H and O–H groups in total. The molecular weight excluding hydrogens is 294 g/mol. The van der Waals surface area contributed by atoms with Crippen molar-refractivity contribution >= 4 is 21.4 Å². The van der Waals surface area contributed by atoms with E-state index in [9.17, 15) is 8.42 Å². The van der Waals surface area contributed by atoms with E-state index >= 15 is 0 Å². The normalized spacial score (nSPS) is 12.0. The zero-order valence-electron chi connectivity index (χ0n) is 11.4. The molecule has 0 unspecified atom stereocenters. The summed E-state index contributed by atoms with van der Waals surface area (Å²) < 4.78 is 26.3. The Bertz CT molecular complexity index is 682. The number of hydrogen-bond donors (Lipinski definition) is 1. The van der Waals surface area contributed by atoms with Gasteiger partial charge in [-0.25, -0.2) is 13.4 Å². The van der Waals surface area contributed by atoms with Crippen LogP contribution in [-0.2, 0) is 23.1 Å².